The number of halogens is 1. The van der Waals surface area contributed by atoms with Crippen molar-refractivity contribution in [3.63, 3.8) is 0 Å². The summed E-state index contributed by atoms with van der Waals surface area (Å²) in [6.07, 6.45) is 0.992. The van der Waals surface area contributed by atoms with E-state index in [0.29, 0.717) is 18.7 Å². The molecule has 1 unspecified atom stereocenters. The van der Waals surface area contributed by atoms with E-state index in [9.17, 15) is 0 Å². The quantitative estimate of drug-likeness (QED) is 0.236. The van der Waals surface area contributed by atoms with Crippen molar-refractivity contribution in [2.24, 2.45) is 4.99 Å². The zero-order chi connectivity index (χ0) is 19.3. The lowest BCUT2D eigenvalue weighted by molar-refractivity contribution is 0.0646. The molecule has 2 aromatic rings. The number of nitrogens with zero attached hydrogens (tertiary/aromatic N) is 2. The molecule has 0 aliphatic carbocycles. The van der Waals surface area contributed by atoms with Crippen LogP contribution in [0.1, 0.15) is 43.1 Å². The fourth-order valence-corrected chi connectivity index (χ4v) is 2.61. The number of guanidine groups is 1. The second-order valence-electron chi connectivity index (χ2n) is 6.21. The van der Waals surface area contributed by atoms with Crippen LogP contribution in [-0.2, 0) is 11.3 Å². The molecule has 1 atom stereocenters. The van der Waals surface area contributed by atoms with Crippen LogP contribution in [0.15, 0.2) is 59.6 Å². The Balaban J connectivity index is 0.00000392. The average molecular weight is 492 g/mol. The summed E-state index contributed by atoms with van der Waals surface area (Å²) >= 11 is 0. The third-order valence-corrected chi connectivity index (χ3v) is 4.07. The lowest BCUT2D eigenvalue weighted by atomic mass is 10.1. The van der Waals surface area contributed by atoms with Crippen LogP contribution in [0.4, 0.5) is 0 Å². The maximum atomic E-state index is 8.98. The third kappa shape index (κ3) is 8.72. The SMILES string of the molecule is CCNC(=NCc1cccc(C#N)c1)NCCCOC(C)c1ccccc1.I. The van der Waals surface area contributed by atoms with Crippen molar-refractivity contribution in [1.82, 2.24) is 10.6 Å². The van der Waals surface area contributed by atoms with E-state index in [0.717, 1.165) is 31.0 Å². The highest BCUT2D eigenvalue weighted by Gasteiger charge is 2.04. The van der Waals surface area contributed by atoms with E-state index in [2.05, 4.69) is 40.8 Å². The number of nitriles is 1. The maximum Gasteiger partial charge on any atom is 0.191 e. The molecule has 0 fully saturated rings. The summed E-state index contributed by atoms with van der Waals surface area (Å²) < 4.78 is 5.89. The highest BCUT2D eigenvalue weighted by Crippen LogP contribution is 2.15. The van der Waals surface area contributed by atoms with Gasteiger partial charge in [-0.1, -0.05) is 42.5 Å². The van der Waals surface area contributed by atoms with Crippen LogP contribution in [-0.4, -0.2) is 25.7 Å². The zero-order valence-corrected chi connectivity index (χ0v) is 18.9. The lowest BCUT2D eigenvalue weighted by Gasteiger charge is -2.14. The average Bonchev–Trinajstić information content (AvgIpc) is 2.72. The van der Waals surface area contributed by atoms with Gasteiger partial charge in [0.2, 0.25) is 0 Å². The number of aliphatic imine (C=N–C) groups is 1. The van der Waals surface area contributed by atoms with Crippen molar-refractivity contribution < 1.29 is 4.74 Å². The van der Waals surface area contributed by atoms with Crippen molar-refractivity contribution in [3.8, 4) is 6.07 Å². The Kier molecular flexibility index (Phi) is 11.9. The van der Waals surface area contributed by atoms with Gasteiger partial charge in [0.25, 0.3) is 0 Å². The summed E-state index contributed by atoms with van der Waals surface area (Å²) in [5.41, 5.74) is 2.87. The summed E-state index contributed by atoms with van der Waals surface area (Å²) in [6.45, 7) is 6.91. The fraction of sp³-hybridized carbons (Fsp3) is 0.364. The molecule has 0 saturated heterocycles. The monoisotopic (exact) mass is 492 g/mol. The number of nitrogens with one attached hydrogen (secondary N) is 2. The first kappa shape index (κ1) is 23.9. The van der Waals surface area contributed by atoms with Crippen LogP contribution in [0.3, 0.4) is 0 Å². The van der Waals surface area contributed by atoms with Gasteiger partial charge >= 0.3 is 0 Å². The Morgan fingerprint density at radius 2 is 1.93 bits per heavy atom. The van der Waals surface area contributed by atoms with E-state index in [1.54, 1.807) is 6.07 Å². The second-order valence-corrected chi connectivity index (χ2v) is 6.21. The molecule has 2 N–H and O–H groups in total. The van der Waals surface area contributed by atoms with Crippen LogP contribution >= 0.6 is 24.0 Å². The molecule has 0 aliphatic rings. The number of hydrogen-bond acceptors (Lipinski definition) is 3. The van der Waals surface area contributed by atoms with Gasteiger partial charge in [0.05, 0.1) is 24.3 Å². The molecule has 0 spiro atoms. The van der Waals surface area contributed by atoms with Crippen LogP contribution in [0.2, 0.25) is 0 Å². The largest absolute Gasteiger partial charge is 0.374 e. The highest BCUT2D eigenvalue weighted by molar-refractivity contribution is 14.0. The molecular formula is C22H29IN4O. The van der Waals surface area contributed by atoms with E-state index in [1.165, 1.54) is 5.56 Å². The Morgan fingerprint density at radius 3 is 2.64 bits per heavy atom. The molecule has 0 amide bonds. The Morgan fingerprint density at radius 1 is 1.14 bits per heavy atom. The number of benzene rings is 2. The molecular weight excluding hydrogens is 463 g/mol. The number of hydrogen-bond donors (Lipinski definition) is 2. The standard InChI is InChI=1S/C22H28N4O.HI/c1-3-24-22(26-17-20-10-7-9-19(15-20)16-23)25-13-8-14-27-18(2)21-11-5-4-6-12-21;/h4-7,9-12,15,18H,3,8,13-14,17H2,1-2H3,(H2,24,25,26);1H. The topological polar surface area (TPSA) is 69.4 Å². The van der Waals surface area contributed by atoms with Gasteiger partial charge in [-0.15, -0.1) is 24.0 Å². The van der Waals surface area contributed by atoms with Gasteiger partial charge in [0.15, 0.2) is 5.96 Å². The van der Waals surface area contributed by atoms with Crippen molar-refractivity contribution in [1.29, 1.82) is 5.26 Å². The summed E-state index contributed by atoms with van der Waals surface area (Å²) in [4.78, 5) is 4.58. The van der Waals surface area contributed by atoms with Crippen LogP contribution in [0, 0.1) is 11.3 Å². The molecule has 2 rings (SSSR count). The highest BCUT2D eigenvalue weighted by atomic mass is 127. The summed E-state index contributed by atoms with van der Waals surface area (Å²) in [6, 6.07) is 19.9. The van der Waals surface area contributed by atoms with Gasteiger partial charge in [0, 0.05) is 19.7 Å². The van der Waals surface area contributed by atoms with E-state index in [-0.39, 0.29) is 30.1 Å². The molecule has 150 valence electrons. The number of ether oxygens (including phenoxy) is 1. The van der Waals surface area contributed by atoms with Gasteiger partial charge in [0.1, 0.15) is 0 Å². The van der Waals surface area contributed by atoms with E-state index < -0.39 is 0 Å². The van der Waals surface area contributed by atoms with Gasteiger partial charge in [-0.05, 0) is 43.5 Å². The van der Waals surface area contributed by atoms with Gasteiger partial charge in [-0.3, -0.25) is 0 Å². The summed E-state index contributed by atoms with van der Waals surface area (Å²) in [5, 5.41) is 15.5. The summed E-state index contributed by atoms with van der Waals surface area (Å²) in [7, 11) is 0. The molecule has 0 aliphatic heterocycles. The first-order valence-corrected chi connectivity index (χ1v) is 9.40. The van der Waals surface area contributed by atoms with Gasteiger partial charge < -0.3 is 15.4 Å². The fourth-order valence-electron chi connectivity index (χ4n) is 2.61. The predicted octanol–water partition coefficient (Wildman–Crippen LogP) is 4.40. The van der Waals surface area contributed by atoms with Gasteiger partial charge in [-0.25, -0.2) is 4.99 Å². The predicted molar refractivity (Wildman–Crippen MR) is 125 cm³/mol. The normalized spacial score (nSPS) is 11.8. The lowest BCUT2D eigenvalue weighted by Crippen LogP contribution is -2.38. The van der Waals surface area contributed by atoms with Crippen molar-refractivity contribution in [2.75, 3.05) is 19.7 Å². The third-order valence-electron chi connectivity index (χ3n) is 4.07. The second kappa shape index (κ2) is 14.0. The van der Waals surface area contributed by atoms with Crippen molar-refractivity contribution in [2.45, 2.75) is 32.9 Å². The minimum atomic E-state index is 0. The van der Waals surface area contributed by atoms with Crippen LogP contribution < -0.4 is 10.6 Å². The van der Waals surface area contributed by atoms with E-state index in [1.807, 2.05) is 43.3 Å². The minimum Gasteiger partial charge on any atom is -0.374 e. The Labute approximate surface area is 185 Å². The first-order chi connectivity index (χ1) is 13.2. The van der Waals surface area contributed by atoms with Gasteiger partial charge in [-0.2, -0.15) is 5.26 Å². The molecule has 0 radical (unpaired) electrons. The Hall–Kier alpha value is -2.11. The Bertz CT molecular complexity index is 759. The van der Waals surface area contributed by atoms with Crippen LogP contribution in [0.5, 0.6) is 0 Å². The van der Waals surface area contributed by atoms with E-state index >= 15 is 0 Å². The van der Waals surface area contributed by atoms with Crippen molar-refractivity contribution in [3.05, 3.63) is 71.3 Å². The smallest absolute Gasteiger partial charge is 0.191 e. The minimum absolute atomic E-state index is 0. The molecule has 0 saturated carbocycles. The molecule has 0 heterocycles. The maximum absolute atomic E-state index is 8.98. The molecule has 6 heteroatoms. The van der Waals surface area contributed by atoms with Crippen molar-refractivity contribution >= 4 is 29.9 Å². The zero-order valence-electron chi connectivity index (χ0n) is 16.5. The van der Waals surface area contributed by atoms with E-state index in [4.69, 9.17) is 10.00 Å². The number of rotatable bonds is 9. The molecule has 0 bridgehead atoms. The van der Waals surface area contributed by atoms with Crippen LogP contribution in [0.25, 0.3) is 0 Å². The molecule has 5 nitrogen and oxygen atoms in total. The molecule has 28 heavy (non-hydrogen) atoms. The molecule has 0 aromatic heterocycles. The molecule has 2 aromatic carbocycles. The summed E-state index contributed by atoms with van der Waals surface area (Å²) in [5.74, 6) is 0.774. The first-order valence-electron chi connectivity index (χ1n) is 9.40.